The van der Waals surface area contributed by atoms with Crippen molar-refractivity contribution in [1.82, 2.24) is 14.5 Å². The number of rotatable bonds is 1. The minimum absolute atomic E-state index is 0.163. The topological polar surface area (TPSA) is 50.7 Å². The summed E-state index contributed by atoms with van der Waals surface area (Å²) in [5, 5.41) is 0. The molecular formula is C13H10FN3O. The van der Waals surface area contributed by atoms with Gasteiger partial charge in [-0.25, -0.2) is 9.37 Å². The van der Waals surface area contributed by atoms with Crippen LogP contribution in [-0.4, -0.2) is 14.5 Å². The van der Waals surface area contributed by atoms with Gasteiger partial charge in [0.25, 0.3) is 0 Å². The van der Waals surface area contributed by atoms with Crippen LogP contribution in [0, 0.1) is 5.82 Å². The van der Waals surface area contributed by atoms with E-state index in [0.29, 0.717) is 11.3 Å². The average molecular weight is 243 g/mol. The Morgan fingerprint density at radius 3 is 2.83 bits per heavy atom. The van der Waals surface area contributed by atoms with Crippen molar-refractivity contribution in [3.8, 4) is 11.4 Å². The molecule has 0 amide bonds. The Labute approximate surface area is 102 Å². The summed E-state index contributed by atoms with van der Waals surface area (Å²) in [5.41, 5.74) is 2.06. The third kappa shape index (κ3) is 1.60. The van der Waals surface area contributed by atoms with E-state index in [1.165, 1.54) is 18.2 Å². The van der Waals surface area contributed by atoms with E-state index < -0.39 is 0 Å². The smallest absolute Gasteiger partial charge is 0.247 e. The van der Waals surface area contributed by atoms with Crippen molar-refractivity contribution >= 4 is 11.0 Å². The first-order valence-electron chi connectivity index (χ1n) is 5.46. The second-order valence-electron chi connectivity index (χ2n) is 4.07. The molecule has 0 aliphatic carbocycles. The third-order valence-corrected chi connectivity index (χ3v) is 2.89. The van der Waals surface area contributed by atoms with E-state index in [2.05, 4.69) is 9.97 Å². The molecule has 2 aromatic heterocycles. The maximum absolute atomic E-state index is 13.1. The first kappa shape index (κ1) is 10.7. The fourth-order valence-corrected chi connectivity index (χ4v) is 1.98. The number of hydrogen-bond acceptors (Lipinski definition) is 2. The summed E-state index contributed by atoms with van der Waals surface area (Å²) >= 11 is 0. The Hall–Kier alpha value is -2.43. The maximum atomic E-state index is 13.1. The molecule has 0 radical (unpaired) electrons. The van der Waals surface area contributed by atoms with Gasteiger partial charge in [0.2, 0.25) is 5.56 Å². The normalized spacial score (nSPS) is 11.0. The molecule has 0 aliphatic heterocycles. The largest absolute Gasteiger partial charge is 0.328 e. The highest BCUT2D eigenvalue weighted by atomic mass is 19.1. The van der Waals surface area contributed by atoms with Gasteiger partial charge in [-0.2, -0.15) is 0 Å². The van der Waals surface area contributed by atoms with Crippen LogP contribution in [0.15, 0.2) is 41.3 Å². The molecule has 0 bridgehead atoms. The minimum atomic E-state index is -0.311. The number of fused-ring (bicyclic) bond motifs is 1. The highest BCUT2D eigenvalue weighted by Crippen LogP contribution is 2.22. The number of aromatic nitrogens is 3. The van der Waals surface area contributed by atoms with Gasteiger partial charge in [-0.3, -0.25) is 4.79 Å². The molecule has 0 aliphatic rings. The van der Waals surface area contributed by atoms with E-state index in [4.69, 9.17) is 0 Å². The molecule has 90 valence electrons. The SMILES string of the molecule is Cn1c(-c2ccc(=O)[nH]c2)nc2cc(F)ccc21. The van der Waals surface area contributed by atoms with E-state index in [1.54, 1.807) is 18.3 Å². The van der Waals surface area contributed by atoms with E-state index >= 15 is 0 Å². The molecule has 5 heteroatoms. The van der Waals surface area contributed by atoms with Crippen molar-refractivity contribution in [3.63, 3.8) is 0 Å². The van der Waals surface area contributed by atoms with Crippen molar-refractivity contribution in [3.05, 3.63) is 52.7 Å². The Morgan fingerprint density at radius 1 is 1.28 bits per heavy atom. The number of hydrogen-bond donors (Lipinski definition) is 1. The number of benzene rings is 1. The van der Waals surface area contributed by atoms with Crippen LogP contribution in [-0.2, 0) is 7.05 Å². The maximum Gasteiger partial charge on any atom is 0.247 e. The van der Waals surface area contributed by atoms with Gasteiger partial charge in [-0.1, -0.05) is 0 Å². The fourth-order valence-electron chi connectivity index (χ4n) is 1.98. The van der Waals surface area contributed by atoms with Crippen molar-refractivity contribution in [2.45, 2.75) is 0 Å². The van der Waals surface area contributed by atoms with Gasteiger partial charge in [0.05, 0.1) is 11.0 Å². The van der Waals surface area contributed by atoms with Crippen LogP contribution in [0.25, 0.3) is 22.4 Å². The lowest BCUT2D eigenvalue weighted by Crippen LogP contribution is -2.02. The Balaban J connectivity index is 2.26. The first-order valence-corrected chi connectivity index (χ1v) is 5.46. The van der Waals surface area contributed by atoms with Gasteiger partial charge in [0.1, 0.15) is 11.6 Å². The molecule has 0 saturated carbocycles. The van der Waals surface area contributed by atoms with E-state index in [9.17, 15) is 9.18 Å². The molecule has 3 aromatic rings. The summed E-state index contributed by atoms with van der Waals surface area (Å²) < 4.78 is 15.0. The van der Waals surface area contributed by atoms with E-state index in [-0.39, 0.29) is 11.4 Å². The summed E-state index contributed by atoms with van der Waals surface area (Å²) in [7, 11) is 1.85. The van der Waals surface area contributed by atoms with Crippen LogP contribution in [0.2, 0.25) is 0 Å². The number of nitrogens with one attached hydrogen (secondary N) is 1. The molecule has 0 atom stereocenters. The molecule has 0 unspecified atom stereocenters. The Morgan fingerprint density at radius 2 is 2.11 bits per heavy atom. The van der Waals surface area contributed by atoms with E-state index in [1.807, 2.05) is 11.6 Å². The molecule has 2 heterocycles. The van der Waals surface area contributed by atoms with Gasteiger partial charge in [0, 0.05) is 30.9 Å². The van der Waals surface area contributed by atoms with Crippen LogP contribution in [0.5, 0.6) is 0 Å². The van der Waals surface area contributed by atoms with Crippen LogP contribution in [0.4, 0.5) is 4.39 Å². The number of aryl methyl sites for hydroxylation is 1. The summed E-state index contributed by atoms with van der Waals surface area (Å²) in [5.74, 6) is 0.375. The van der Waals surface area contributed by atoms with Gasteiger partial charge in [0.15, 0.2) is 0 Å². The highest BCUT2D eigenvalue weighted by molar-refractivity contribution is 5.80. The zero-order chi connectivity index (χ0) is 12.7. The zero-order valence-corrected chi connectivity index (χ0v) is 9.64. The van der Waals surface area contributed by atoms with Gasteiger partial charge >= 0.3 is 0 Å². The predicted octanol–water partition coefficient (Wildman–Crippen LogP) is 2.07. The van der Waals surface area contributed by atoms with Crippen LogP contribution in [0.3, 0.4) is 0 Å². The Bertz CT molecular complexity index is 768. The number of pyridine rings is 1. The summed E-state index contributed by atoms with van der Waals surface area (Å²) in [6, 6.07) is 7.61. The molecular weight excluding hydrogens is 233 g/mol. The molecule has 0 fully saturated rings. The zero-order valence-electron chi connectivity index (χ0n) is 9.64. The molecule has 4 nitrogen and oxygen atoms in total. The second kappa shape index (κ2) is 3.80. The number of aromatic amines is 1. The van der Waals surface area contributed by atoms with Crippen molar-refractivity contribution < 1.29 is 4.39 Å². The van der Waals surface area contributed by atoms with Crippen LogP contribution in [0.1, 0.15) is 0 Å². The summed E-state index contributed by atoms with van der Waals surface area (Å²) in [4.78, 5) is 18.0. The lowest BCUT2D eigenvalue weighted by atomic mass is 10.3. The average Bonchev–Trinajstić information content (AvgIpc) is 2.67. The minimum Gasteiger partial charge on any atom is -0.328 e. The summed E-state index contributed by atoms with van der Waals surface area (Å²) in [6.45, 7) is 0. The molecule has 18 heavy (non-hydrogen) atoms. The fraction of sp³-hybridized carbons (Fsp3) is 0.0769. The molecule has 1 N–H and O–H groups in total. The summed E-state index contributed by atoms with van der Waals surface area (Å²) in [6.07, 6.45) is 1.60. The van der Waals surface area contributed by atoms with Crippen LogP contribution >= 0.6 is 0 Å². The number of nitrogens with zero attached hydrogens (tertiary/aromatic N) is 2. The molecule has 1 aromatic carbocycles. The van der Waals surface area contributed by atoms with Gasteiger partial charge in [-0.05, 0) is 18.2 Å². The highest BCUT2D eigenvalue weighted by Gasteiger charge is 2.10. The number of H-pyrrole nitrogens is 1. The predicted molar refractivity (Wildman–Crippen MR) is 66.7 cm³/mol. The standard InChI is InChI=1S/C13H10FN3O/c1-17-11-4-3-9(14)6-10(11)16-13(17)8-2-5-12(18)15-7-8/h2-7H,1H3,(H,15,18). The van der Waals surface area contributed by atoms with Crippen LogP contribution < -0.4 is 5.56 Å². The lowest BCUT2D eigenvalue weighted by Gasteiger charge is -2.01. The van der Waals surface area contributed by atoms with Gasteiger partial charge in [-0.15, -0.1) is 0 Å². The molecule has 0 saturated heterocycles. The second-order valence-corrected chi connectivity index (χ2v) is 4.07. The lowest BCUT2D eigenvalue weighted by molar-refractivity contribution is 0.629. The van der Waals surface area contributed by atoms with Gasteiger partial charge < -0.3 is 9.55 Å². The Kier molecular flexibility index (Phi) is 2.26. The van der Waals surface area contributed by atoms with Crippen molar-refractivity contribution in [1.29, 1.82) is 0 Å². The number of imidazole rings is 1. The molecule has 0 spiro atoms. The van der Waals surface area contributed by atoms with Crippen molar-refractivity contribution in [2.75, 3.05) is 0 Å². The number of halogens is 1. The molecule has 3 rings (SSSR count). The monoisotopic (exact) mass is 243 g/mol. The van der Waals surface area contributed by atoms with E-state index in [0.717, 1.165) is 11.1 Å². The van der Waals surface area contributed by atoms with Crippen molar-refractivity contribution in [2.24, 2.45) is 7.05 Å². The quantitative estimate of drug-likeness (QED) is 0.711. The third-order valence-electron chi connectivity index (χ3n) is 2.89. The first-order chi connectivity index (χ1) is 8.65.